The molecule has 0 aliphatic carbocycles. The highest BCUT2D eigenvalue weighted by Crippen LogP contribution is 2.15. The van der Waals surface area contributed by atoms with Gasteiger partial charge in [0.2, 0.25) is 5.91 Å². The summed E-state index contributed by atoms with van der Waals surface area (Å²) in [5, 5.41) is 14.7. The summed E-state index contributed by atoms with van der Waals surface area (Å²) in [6, 6.07) is 7.39. The fraction of sp³-hybridized carbons (Fsp3) is 0.417. The van der Waals surface area contributed by atoms with Crippen molar-refractivity contribution in [1.29, 1.82) is 0 Å². The minimum atomic E-state index is -0.116. The van der Waals surface area contributed by atoms with E-state index in [2.05, 4.69) is 26.6 Å². The van der Waals surface area contributed by atoms with E-state index in [9.17, 15) is 4.79 Å². The van der Waals surface area contributed by atoms with E-state index in [1.807, 2.05) is 31.2 Å². The van der Waals surface area contributed by atoms with E-state index in [0.717, 1.165) is 16.6 Å². The third-order valence-corrected chi connectivity index (χ3v) is 2.87. The first-order chi connectivity index (χ1) is 8.15. The van der Waals surface area contributed by atoms with Gasteiger partial charge in [-0.25, -0.2) is 0 Å². The smallest absolute Gasteiger partial charge is 0.238 e. The average Bonchev–Trinajstić information content (AvgIpc) is 2.30. The zero-order chi connectivity index (χ0) is 12.7. The molecule has 17 heavy (non-hydrogen) atoms. The summed E-state index contributed by atoms with van der Waals surface area (Å²) in [5.74, 6) is -0.116. The first-order valence-electron chi connectivity index (χ1n) is 5.55. The van der Waals surface area contributed by atoms with E-state index in [1.165, 1.54) is 0 Å². The second-order valence-corrected chi connectivity index (χ2v) is 4.64. The lowest BCUT2D eigenvalue weighted by Gasteiger charge is -2.13. The molecule has 4 nitrogen and oxygen atoms in total. The van der Waals surface area contributed by atoms with E-state index < -0.39 is 0 Å². The molecule has 0 aliphatic rings. The van der Waals surface area contributed by atoms with Gasteiger partial charge >= 0.3 is 0 Å². The Bertz CT molecular complexity index is 367. The maximum absolute atomic E-state index is 11.6. The summed E-state index contributed by atoms with van der Waals surface area (Å²) in [4.78, 5) is 11.6. The van der Waals surface area contributed by atoms with Gasteiger partial charge in [-0.05, 0) is 24.6 Å². The first kappa shape index (κ1) is 14.2. The highest BCUT2D eigenvalue weighted by Gasteiger charge is 2.07. The summed E-state index contributed by atoms with van der Waals surface area (Å²) in [5.41, 5.74) is 0.753. The number of hydrogen-bond donors (Lipinski definition) is 3. The number of anilines is 1. The molecule has 0 radical (unpaired) electrons. The van der Waals surface area contributed by atoms with Crippen molar-refractivity contribution in [2.45, 2.75) is 19.4 Å². The lowest BCUT2D eigenvalue weighted by molar-refractivity contribution is -0.115. The summed E-state index contributed by atoms with van der Waals surface area (Å²) >= 11 is 3.34. The highest BCUT2D eigenvalue weighted by atomic mass is 79.9. The van der Waals surface area contributed by atoms with Gasteiger partial charge in [-0.1, -0.05) is 28.9 Å². The molecule has 1 unspecified atom stereocenters. The standard InChI is InChI=1S/C12H17BrN2O2/c1-2-10(8-16)14-7-12(17)15-11-5-3-4-9(13)6-11/h3-6,10,14,16H,2,7-8H2,1H3,(H,15,17). The summed E-state index contributed by atoms with van der Waals surface area (Å²) in [6.45, 7) is 2.20. The monoisotopic (exact) mass is 300 g/mol. The number of aliphatic hydroxyl groups is 1. The van der Waals surface area contributed by atoms with Gasteiger partial charge < -0.3 is 15.7 Å². The summed E-state index contributed by atoms with van der Waals surface area (Å²) in [7, 11) is 0. The van der Waals surface area contributed by atoms with Crippen LogP contribution in [0.3, 0.4) is 0 Å². The van der Waals surface area contributed by atoms with E-state index >= 15 is 0 Å². The van der Waals surface area contributed by atoms with Crippen molar-refractivity contribution in [1.82, 2.24) is 5.32 Å². The Morgan fingerprint density at radius 1 is 1.53 bits per heavy atom. The van der Waals surface area contributed by atoms with Crippen molar-refractivity contribution < 1.29 is 9.90 Å². The number of carbonyl (C=O) groups is 1. The Labute approximate surface area is 110 Å². The zero-order valence-electron chi connectivity index (χ0n) is 9.74. The van der Waals surface area contributed by atoms with Crippen molar-refractivity contribution in [2.24, 2.45) is 0 Å². The lowest BCUT2D eigenvalue weighted by Crippen LogP contribution is -2.37. The molecule has 0 aliphatic heterocycles. The first-order valence-corrected chi connectivity index (χ1v) is 6.34. The highest BCUT2D eigenvalue weighted by molar-refractivity contribution is 9.10. The van der Waals surface area contributed by atoms with E-state index in [4.69, 9.17) is 5.11 Å². The Hall–Kier alpha value is -0.910. The molecule has 0 heterocycles. The predicted octanol–water partition coefficient (Wildman–Crippen LogP) is 1.75. The Morgan fingerprint density at radius 2 is 2.29 bits per heavy atom. The van der Waals surface area contributed by atoms with Crippen LogP contribution in [-0.2, 0) is 4.79 Å². The van der Waals surface area contributed by atoms with Crippen LogP contribution in [0.5, 0.6) is 0 Å². The van der Waals surface area contributed by atoms with Crippen molar-refractivity contribution in [3.63, 3.8) is 0 Å². The fourth-order valence-corrected chi connectivity index (χ4v) is 1.75. The summed E-state index contributed by atoms with van der Waals surface area (Å²) in [6.07, 6.45) is 0.792. The van der Waals surface area contributed by atoms with Gasteiger partial charge in [-0.3, -0.25) is 4.79 Å². The Balaban J connectivity index is 2.39. The number of aliphatic hydroxyl groups excluding tert-OH is 1. The van der Waals surface area contributed by atoms with Crippen LogP contribution in [0.2, 0.25) is 0 Å². The van der Waals surface area contributed by atoms with Crippen LogP contribution < -0.4 is 10.6 Å². The average molecular weight is 301 g/mol. The van der Waals surface area contributed by atoms with Gasteiger partial charge in [0.15, 0.2) is 0 Å². The molecule has 1 atom stereocenters. The van der Waals surface area contributed by atoms with Crippen LogP contribution in [-0.4, -0.2) is 30.2 Å². The maximum Gasteiger partial charge on any atom is 0.238 e. The topological polar surface area (TPSA) is 61.4 Å². The lowest BCUT2D eigenvalue weighted by atomic mass is 10.2. The molecule has 1 rings (SSSR count). The van der Waals surface area contributed by atoms with Crippen molar-refractivity contribution in [3.8, 4) is 0 Å². The number of rotatable bonds is 6. The summed E-state index contributed by atoms with van der Waals surface area (Å²) < 4.78 is 0.921. The molecule has 0 saturated heterocycles. The van der Waals surface area contributed by atoms with Gasteiger partial charge in [0.1, 0.15) is 0 Å². The molecule has 0 spiro atoms. The number of hydrogen-bond acceptors (Lipinski definition) is 3. The van der Waals surface area contributed by atoms with Gasteiger partial charge in [0.25, 0.3) is 0 Å². The van der Waals surface area contributed by atoms with Gasteiger partial charge in [-0.2, -0.15) is 0 Å². The maximum atomic E-state index is 11.6. The molecule has 1 aromatic rings. The molecule has 5 heteroatoms. The van der Waals surface area contributed by atoms with E-state index in [0.29, 0.717) is 0 Å². The molecule has 94 valence electrons. The van der Waals surface area contributed by atoms with E-state index in [1.54, 1.807) is 0 Å². The number of halogens is 1. The number of amides is 1. The van der Waals surface area contributed by atoms with Gasteiger partial charge in [-0.15, -0.1) is 0 Å². The number of nitrogens with one attached hydrogen (secondary N) is 2. The Morgan fingerprint density at radius 3 is 2.88 bits per heavy atom. The molecule has 0 fully saturated rings. The third kappa shape index (κ3) is 5.30. The minimum Gasteiger partial charge on any atom is -0.395 e. The van der Waals surface area contributed by atoms with Gasteiger partial charge in [0, 0.05) is 16.2 Å². The molecule has 3 N–H and O–H groups in total. The molecule has 0 bridgehead atoms. The third-order valence-electron chi connectivity index (χ3n) is 2.37. The molecular weight excluding hydrogens is 284 g/mol. The second kappa shape index (κ2) is 7.42. The molecule has 0 aromatic heterocycles. The predicted molar refractivity (Wildman–Crippen MR) is 71.9 cm³/mol. The zero-order valence-corrected chi connectivity index (χ0v) is 11.3. The van der Waals surface area contributed by atoms with Crippen LogP contribution in [0.25, 0.3) is 0 Å². The largest absolute Gasteiger partial charge is 0.395 e. The van der Waals surface area contributed by atoms with Crippen molar-refractivity contribution in [2.75, 3.05) is 18.5 Å². The fourth-order valence-electron chi connectivity index (χ4n) is 1.35. The van der Waals surface area contributed by atoms with Crippen LogP contribution in [0.15, 0.2) is 28.7 Å². The van der Waals surface area contributed by atoms with Crippen molar-refractivity contribution in [3.05, 3.63) is 28.7 Å². The number of benzene rings is 1. The number of carbonyl (C=O) groups excluding carboxylic acids is 1. The second-order valence-electron chi connectivity index (χ2n) is 3.73. The molecule has 0 saturated carbocycles. The molecule has 1 aromatic carbocycles. The SMILES string of the molecule is CCC(CO)NCC(=O)Nc1cccc(Br)c1. The van der Waals surface area contributed by atoms with Gasteiger partial charge in [0.05, 0.1) is 13.2 Å². The normalized spacial score (nSPS) is 12.2. The van der Waals surface area contributed by atoms with Crippen molar-refractivity contribution >= 4 is 27.5 Å². The Kier molecular flexibility index (Phi) is 6.18. The van der Waals surface area contributed by atoms with Crippen LogP contribution in [0.4, 0.5) is 5.69 Å². The van der Waals surface area contributed by atoms with Crippen LogP contribution in [0, 0.1) is 0 Å². The quantitative estimate of drug-likeness (QED) is 0.750. The minimum absolute atomic E-state index is 0.0248. The van der Waals surface area contributed by atoms with E-state index in [-0.39, 0.29) is 25.1 Å². The van der Waals surface area contributed by atoms with Crippen LogP contribution >= 0.6 is 15.9 Å². The molecular formula is C12H17BrN2O2. The van der Waals surface area contributed by atoms with Crippen LogP contribution in [0.1, 0.15) is 13.3 Å². The molecule has 1 amide bonds.